The average Bonchev–Trinajstić information content (AvgIpc) is 3.09. The van der Waals surface area contributed by atoms with E-state index in [4.69, 9.17) is 4.98 Å². The first-order valence-electron chi connectivity index (χ1n) is 8.61. The monoisotopic (exact) mass is 350 g/mol. The molecule has 0 amide bonds. The van der Waals surface area contributed by atoms with Crippen LogP contribution in [-0.2, 0) is 12.8 Å². The van der Waals surface area contributed by atoms with Crippen molar-refractivity contribution in [3.05, 3.63) is 59.8 Å². The molecule has 0 bridgehead atoms. The number of phenols is 1. The number of phenolic OH excluding ortho intramolecular Hbond substituents is 1. The molecule has 0 unspecified atom stereocenters. The van der Waals surface area contributed by atoms with Crippen LogP contribution in [0.4, 0.5) is 8.78 Å². The Kier molecular flexibility index (Phi) is 3.11. The second-order valence-electron chi connectivity index (χ2n) is 6.90. The summed E-state index contributed by atoms with van der Waals surface area (Å²) in [6, 6.07) is 12.5. The predicted molar refractivity (Wildman–Crippen MR) is 97.7 cm³/mol. The summed E-state index contributed by atoms with van der Waals surface area (Å²) in [6.45, 7) is 0. The standard InChI is InChI=1S/C21H16F2N2O/c22-21(23)9-7-14-16(11-21)20(12-1-3-13(26)4-2-12)25-18-6-5-17-15(19(14)18)8-10-24-17/h1-6,8,10,24,26H,7,9,11H2. The number of pyridine rings is 1. The van der Waals surface area contributed by atoms with Crippen LogP contribution < -0.4 is 0 Å². The van der Waals surface area contributed by atoms with E-state index in [0.29, 0.717) is 17.7 Å². The number of H-pyrrole nitrogens is 1. The molecule has 3 nitrogen and oxygen atoms in total. The Morgan fingerprint density at radius 1 is 1.00 bits per heavy atom. The predicted octanol–water partition coefficient (Wildman–Crippen LogP) is 5.21. The number of hydrogen-bond donors (Lipinski definition) is 2. The van der Waals surface area contributed by atoms with Gasteiger partial charge in [-0.25, -0.2) is 13.8 Å². The van der Waals surface area contributed by atoms with E-state index in [1.807, 2.05) is 24.4 Å². The molecule has 0 radical (unpaired) electrons. The summed E-state index contributed by atoms with van der Waals surface area (Å²) in [6.07, 6.45) is 1.75. The van der Waals surface area contributed by atoms with Gasteiger partial charge in [0.05, 0.1) is 11.2 Å². The van der Waals surface area contributed by atoms with Crippen LogP contribution in [0.25, 0.3) is 33.1 Å². The van der Waals surface area contributed by atoms with Gasteiger partial charge >= 0.3 is 0 Å². The fourth-order valence-electron chi connectivity index (χ4n) is 3.99. The fourth-order valence-corrected chi connectivity index (χ4v) is 3.99. The molecule has 130 valence electrons. The minimum absolute atomic E-state index is 0.141. The molecule has 1 aliphatic rings. The second kappa shape index (κ2) is 5.27. The lowest BCUT2D eigenvalue weighted by atomic mass is 9.83. The first-order valence-corrected chi connectivity index (χ1v) is 8.61. The number of benzene rings is 2. The molecule has 2 aromatic heterocycles. The Balaban J connectivity index is 1.88. The van der Waals surface area contributed by atoms with Crippen LogP contribution in [-0.4, -0.2) is 21.0 Å². The van der Waals surface area contributed by atoms with Gasteiger partial charge in [0.25, 0.3) is 5.92 Å². The van der Waals surface area contributed by atoms with E-state index < -0.39 is 5.92 Å². The molecule has 2 N–H and O–H groups in total. The van der Waals surface area contributed by atoms with Gasteiger partial charge in [-0.2, -0.15) is 0 Å². The molecule has 0 atom stereocenters. The molecule has 0 saturated carbocycles. The number of aromatic nitrogens is 2. The number of halogens is 2. The summed E-state index contributed by atoms with van der Waals surface area (Å²) >= 11 is 0. The molecule has 0 spiro atoms. The van der Waals surface area contributed by atoms with Gasteiger partial charge in [0, 0.05) is 40.9 Å². The van der Waals surface area contributed by atoms with E-state index in [0.717, 1.165) is 32.9 Å². The molecule has 26 heavy (non-hydrogen) atoms. The van der Waals surface area contributed by atoms with Crippen LogP contribution in [0, 0.1) is 0 Å². The third-order valence-electron chi connectivity index (χ3n) is 5.21. The van der Waals surface area contributed by atoms with E-state index >= 15 is 0 Å². The average molecular weight is 350 g/mol. The zero-order chi connectivity index (χ0) is 17.9. The first-order chi connectivity index (χ1) is 12.5. The van der Waals surface area contributed by atoms with Crippen molar-refractivity contribution in [2.24, 2.45) is 0 Å². The Morgan fingerprint density at radius 3 is 2.62 bits per heavy atom. The van der Waals surface area contributed by atoms with Crippen LogP contribution in [0.3, 0.4) is 0 Å². The Morgan fingerprint density at radius 2 is 1.81 bits per heavy atom. The SMILES string of the molecule is Oc1ccc(-c2nc3ccc4[nH]ccc4c3c3c2CC(F)(F)CC3)cc1. The van der Waals surface area contributed by atoms with Crippen LogP contribution in [0.1, 0.15) is 17.5 Å². The molecule has 0 saturated heterocycles. The Hall–Kier alpha value is -2.95. The number of fused-ring (bicyclic) bond motifs is 5. The first kappa shape index (κ1) is 15.3. The summed E-state index contributed by atoms with van der Waals surface area (Å²) in [5, 5.41) is 11.5. The molecule has 0 fully saturated rings. The summed E-state index contributed by atoms with van der Waals surface area (Å²) in [5.74, 6) is -2.58. The number of nitrogens with zero attached hydrogens (tertiary/aromatic N) is 1. The van der Waals surface area contributed by atoms with Crippen molar-refractivity contribution in [2.45, 2.75) is 25.2 Å². The number of alkyl halides is 2. The zero-order valence-corrected chi connectivity index (χ0v) is 13.9. The molecule has 5 rings (SSSR count). The molecule has 4 aromatic rings. The maximum absolute atomic E-state index is 14.2. The van der Waals surface area contributed by atoms with Gasteiger partial charge in [-0.15, -0.1) is 0 Å². The van der Waals surface area contributed by atoms with Crippen molar-refractivity contribution >= 4 is 21.8 Å². The lowest BCUT2D eigenvalue weighted by Crippen LogP contribution is -2.27. The Labute approximate surface area is 148 Å². The van der Waals surface area contributed by atoms with E-state index in [-0.39, 0.29) is 18.6 Å². The van der Waals surface area contributed by atoms with E-state index in [2.05, 4.69) is 4.98 Å². The lowest BCUT2D eigenvalue weighted by molar-refractivity contribution is -0.0119. The van der Waals surface area contributed by atoms with E-state index in [1.54, 1.807) is 24.3 Å². The van der Waals surface area contributed by atoms with Gasteiger partial charge < -0.3 is 10.1 Å². The summed E-state index contributed by atoms with van der Waals surface area (Å²) in [4.78, 5) is 7.94. The largest absolute Gasteiger partial charge is 0.508 e. The smallest absolute Gasteiger partial charge is 0.252 e. The Bertz CT molecular complexity index is 1150. The van der Waals surface area contributed by atoms with Gasteiger partial charge in [-0.1, -0.05) is 0 Å². The molecule has 0 aliphatic heterocycles. The van der Waals surface area contributed by atoms with Crippen molar-refractivity contribution in [3.63, 3.8) is 0 Å². The lowest BCUT2D eigenvalue weighted by Gasteiger charge is -2.27. The minimum atomic E-state index is -2.72. The normalized spacial score (nSPS) is 16.1. The van der Waals surface area contributed by atoms with Crippen LogP contribution in [0.15, 0.2) is 48.7 Å². The van der Waals surface area contributed by atoms with E-state index in [9.17, 15) is 13.9 Å². The fraction of sp³-hybridized carbons (Fsp3) is 0.190. The molecular weight excluding hydrogens is 334 g/mol. The summed E-state index contributed by atoms with van der Waals surface area (Å²) in [5.41, 5.74) is 4.71. The third-order valence-corrected chi connectivity index (χ3v) is 5.21. The highest BCUT2D eigenvalue weighted by Gasteiger charge is 2.37. The molecule has 2 heterocycles. The number of aromatic amines is 1. The quantitative estimate of drug-likeness (QED) is 0.495. The molecule has 5 heteroatoms. The molecular formula is C21H16F2N2O. The highest BCUT2D eigenvalue weighted by molar-refractivity contribution is 6.08. The number of rotatable bonds is 1. The van der Waals surface area contributed by atoms with Crippen LogP contribution in [0.5, 0.6) is 5.75 Å². The van der Waals surface area contributed by atoms with Crippen molar-refractivity contribution in [3.8, 4) is 17.0 Å². The third kappa shape index (κ3) is 2.27. The maximum atomic E-state index is 14.2. The zero-order valence-electron chi connectivity index (χ0n) is 13.9. The van der Waals surface area contributed by atoms with Gasteiger partial charge in [0.15, 0.2) is 0 Å². The van der Waals surface area contributed by atoms with Crippen LogP contribution in [0.2, 0.25) is 0 Å². The van der Waals surface area contributed by atoms with Crippen LogP contribution >= 0.6 is 0 Å². The second-order valence-corrected chi connectivity index (χ2v) is 6.90. The van der Waals surface area contributed by atoms with Crippen molar-refractivity contribution < 1.29 is 13.9 Å². The number of aryl methyl sites for hydroxylation is 1. The number of hydrogen-bond acceptors (Lipinski definition) is 2. The number of aromatic hydroxyl groups is 1. The van der Waals surface area contributed by atoms with Crippen molar-refractivity contribution in [1.29, 1.82) is 0 Å². The summed E-state index contributed by atoms with van der Waals surface area (Å²) in [7, 11) is 0. The van der Waals surface area contributed by atoms with Crippen molar-refractivity contribution in [1.82, 2.24) is 9.97 Å². The highest BCUT2D eigenvalue weighted by Crippen LogP contribution is 2.42. The molecule has 1 aliphatic carbocycles. The van der Waals surface area contributed by atoms with E-state index in [1.165, 1.54) is 0 Å². The topological polar surface area (TPSA) is 48.9 Å². The van der Waals surface area contributed by atoms with Gasteiger partial charge in [-0.05, 0) is 60.0 Å². The summed E-state index contributed by atoms with van der Waals surface area (Å²) < 4.78 is 28.4. The number of nitrogens with one attached hydrogen (secondary N) is 1. The maximum Gasteiger partial charge on any atom is 0.252 e. The van der Waals surface area contributed by atoms with Gasteiger partial charge in [0.1, 0.15) is 5.75 Å². The van der Waals surface area contributed by atoms with Gasteiger partial charge in [-0.3, -0.25) is 0 Å². The van der Waals surface area contributed by atoms with Gasteiger partial charge in [0.2, 0.25) is 0 Å². The highest BCUT2D eigenvalue weighted by atomic mass is 19.3. The minimum Gasteiger partial charge on any atom is -0.508 e. The van der Waals surface area contributed by atoms with Crippen molar-refractivity contribution in [2.75, 3.05) is 0 Å². The molecule has 2 aromatic carbocycles.